The largest absolute Gasteiger partial charge is 0.391 e. The Morgan fingerprint density at radius 2 is 1.90 bits per heavy atom. The van der Waals surface area contributed by atoms with Crippen molar-refractivity contribution in [3.05, 3.63) is 70.8 Å². The molecule has 2 N–H and O–H groups in total. The van der Waals surface area contributed by atoms with Gasteiger partial charge in [0.2, 0.25) is 0 Å². The van der Waals surface area contributed by atoms with Gasteiger partial charge in [0.15, 0.2) is 11.6 Å². The quantitative estimate of drug-likeness (QED) is 0.902. The van der Waals surface area contributed by atoms with Crippen LogP contribution < -0.4 is 5.32 Å². The van der Waals surface area contributed by atoms with E-state index in [1.54, 1.807) is 6.07 Å². The summed E-state index contributed by atoms with van der Waals surface area (Å²) in [5, 5.41) is 13.3. The Balaban J connectivity index is 1.74. The highest BCUT2D eigenvalue weighted by Gasteiger charge is 2.30. The summed E-state index contributed by atoms with van der Waals surface area (Å²) in [7, 11) is 0. The van der Waals surface area contributed by atoms with Crippen molar-refractivity contribution in [2.75, 3.05) is 0 Å². The molecule has 4 heteroatoms. The molecule has 0 aromatic heterocycles. The van der Waals surface area contributed by atoms with E-state index < -0.39 is 17.7 Å². The van der Waals surface area contributed by atoms with Crippen LogP contribution in [0.5, 0.6) is 0 Å². The average Bonchev–Trinajstić information content (AvgIpc) is 2.76. The van der Waals surface area contributed by atoms with Crippen LogP contribution >= 0.6 is 0 Å². The number of aliphatic hydroxyl groups is 1. The third kappa shape index (κ3) is 2.44. The predicted molar refractivity (Wildman–Crippen MR) is 72.1 cm³/mol. The van der Waals surface area contributed by atoms with E-state index >= 15 is 0 Å². The van der Waals surface area contributed by atoms with Crippen LogP contribution in [0.2, 0.25) is 0 Å². The first-order chi connectivity index (χ1) is 9.65. The molecule has 0 saturated carbocycles. The summed E-state index contributed by atoms with van der Waals surface area (Å²) >= 11 is 0. The van der Waals surface area contributed by atoms with Gasteiger partial charge in [-0.3, -0.25) is 0 Å². The maximum atomic E-state index is 13.1. The lowest BCUT2D eigenvalue weighted by atomic mass is 10.1. The molecule has 0 bridgehead atoms. The second-order valence-electron chi connectivity index (χ2n) is 5.08. The molecule has 0 spiro atoms. The summed E-state index contributed by atoms with van der Waals surface area (Å²) in [4.78, 5) is 0. The lowest BCUT2D eigenvalue weighted by molar-refractivity contribution is 0.140. The maximum absolute atomic E-state index is 13.1. The first-order valence-electron chi connectivity index (χ1n) is 6.58. The fourth-order valence-electron chi connectivity index (χ4n) is 2.70. The molecule has 0 saturated heterocycles. The molecule has 1 aliphatic carbocycles. The Hall–Kier alpha value is -1.78. The standard InChI is InChI=1S/C16H15F2NO/c17-13-6-5-10(7-14(13)18)9-19-16-12-4-2-1-3-11(12)8-15(16)20/h1-7,15-16,19-20H,8-9H2/t15-,16+/m1/s1. The second kappa shape index (κ2) is 5.31. The van der Waals surface area contributed by atoms with Crippen molar-refractivity contribution < 1.29 is 13.9 Å². The summed E-state index contributed by atoms with van der Waals surface area (Å²) < 4.78 is 26.0. The molecule has 0 fully saturated rings. The van der Waals surface area contributed by atoms with E-state index in [2.05, 4.69) is 5.32 Å². The highest BCUT2D eigenvalue weighted by Crippen LogP contribution is 2.31. The van der Waals surface area contributed by atoms with Gasteiger partial charge in [-0.1, -0.05) is 30.3 Å². The smallest absolute Gasteiger partial charge is 0.159 e. The zero-order valence-electron chi connectivity index (χ0n) is 10.8. The Morgan fingerprint density at radius 3 is 2.70 bits per heavy atom. The number of nitrogens with one attached hydrogen (secondary N) is 1. The number of aliphatic hydroxyl groups excluding tert-OH is 1. The fraction of sp³-hybridized carbons (Fsp3) is 0.250. The van der Waals surface area contributed by atoms with Crippen molar-refractivity contribution in [3.8, 4) is 0 Å². The van der Waals surface area contributed by atoms with Crippen molar-refractivity contribution in [1.82, 2.24) is 5.32 Å². The molecule has 2 aromatic rings. The van der Waals surface area contributed by atoms with Crippen LogP contribution in [0.25, 0.3) is 0 Å². The molecule has 0 radical (unpaired) electrons. The fourth-order valence-corrected chi connectivity index (χ4v) is 2.70. The van der Waals surface area contributed by atoms with E-state index in [0.29, 0.717) is 18.5 Å². The van der Waals surface area contributed by atoms with Crippen molar-refractivity contribution in [1.29, 1.82) is 0 Å². The van der Waals surface area contributed by atoms with Gasteiger partial charge >= 0.3 is 0 Å². The molecule has 20 heavy (non-hydrogen) atoms. The van der Waals surface area contributed by atoms with Crippen LogP contribution in [-0.2, 0) is 13.0 Å². The molecule has 2 aromatic carbocycles. The Kier molecular flexibility index (Phi) is 3.51. The summed E-state index contributed by atoms with van der Waals surface area (Å²) in [5.41, 5.74) is 2.85. The van der Waals surface area contributed by atoms with E-state index in [4.69, 9.17) is 0 Å². The molecule has 0 unspecified atom stereocenters. The van der Waals surface area contributed by atoms with Gasteiger partial charge in [0.05, 0.1) is 12.1 Å². The van der Waals surface area contributed by atoms with E-state index in [1.165, 1.54) is 6.07 Å². The van der Waals surface area contributed by atoms with E-state index in [1.807, 2.05) is 24.3 Å². The lowest BCUT2D eigenvalue weighted by Crippen LogP contribution is -2.28. The number of rotatable bonds is 3. The molecule has 2 atom stereocenters. The number of hydrogen-bond donors (Lipinski definition) is 2. The molecule has 2 nitrogen and oxygen atoms in total. The van der Waals surface area contributed by atoms with Gasteiger partial charge < -0.3 is 10.4 Å². The van der Waals surface area contributed by atoms with Gasteiger partial charge in [-0.25, -0.2) is 8.78 Å². The van der Waals surface area contributed by atoms with Crippen LogP contribution in [0.3, 0.4) is 0 Å². The predicted octanol–water partition coefficient (Wildman–Crippen LogP) is 2.71. The Morgan fingerprint density at radius 1 is 1.10 bits per heavy atom. The van der Waals surface area contributed by atoms with Crippen molar-refractivity contribution in [2.45, 2.75) is 25.1 Å². The van der Waals surface area contributed by atoms with Gasteiger partial charge in [-0.15, -0.1) is 0 Å². The van der Waals surface area contributed by atoms with Crippen LogP contribution in [0.1, 0.15) is 22.7 Å². The van der Waals surface area contributed by atoms with Crippen molar-refractivity contribution in [3.63, 3.8) is 0 Å². The molecule has 104 valence electrons. The Labute approximate surface area is 116 Å². The third-order valence-electron chi connectivity index (χ3n) is 3.71. The van der Waals surface area contributed by atoms with Crippen molar-refractivity contribution >= 4 is 0 Å². The molecular weight excluding hydrogens is 260 g/mol. The van der Waals surface area contributed by atoms with Gasteiger partial charge in [0, 0.05) is 13.0 Å². The minimum Gasteiger partial charge on any atom is -0.391 e. The monoisotopic (exact) mass is 275 g/mol. The maximum Gasteiger partial charge on any atom is 0.159 e. The summed E-state index contributed by atoms with van der Waals surface area (Å²) in [6, 6.07) is 11.5. The normalized spacial score (nSPS) is 20.9. The van der Waals surface area contributed by atoms with E-state index in [0.717, 1.165) is 17.2 Å². The van der Waals surface area contributed by atoms with E-state index in [-0.39, 0.29) is 6.04 Å². The second-order valence-corrected chi connectivity index (χ2v) is 5.08. The minimum absolute atomic E-state index is 0.167. The summed E-state index contributed by atoms with van der Waals surface area (Å²) in [6.45, 7) is 0.382. The van der Waals surface area contributed by atoms with Crippen LogP contribution in [-0.4, -0.2) is 11.2 Å². The molecule has 0 aliphatic heterocycles. The number of fused-ring (bicyclic) bond motifs is 1. The highest BCUT2D eigenvalue weighted by atomic mass is 19.2. The first kappa shape index (κ1) is 13.2. The summed E-state index contributed by atoms with van der Waals surface area (Å²) in [5.74, 6) is -1.70. The number of benzene rings is 2. The van der Waals surface area contributed by atoms with Gasteiger partial charge in [0.1, 0.15) is 0 Å². The third-order valence-corrected chi connectivity index (χ3v) is 3.71. The van der Waals surface area contributed by atoms with Crippen LogP contribution in [0.15, 0.2) is 42.5 Å². The van der Waals surface area contributed by atoms with Gasteiger partial charge in [-0.05, 0) is 28.8 Å². The number of halogens is 2. The van der Waals surface area contributed by atoms with Crippen molar-refractivity contribution in [2.24, 2.45) is 0 Å². The molecule has 3 rings (SSSR count). The SMILES string of the molecule is O[C@@H]1Cc2ccccc2[C@@H]1NCc1ccc(F)c(F)c1. The van der Waals surface area contributed by atoms with Gasteiger partial charge in [0.25, 0.3) is 0 Å². The Bertz CT molecular complexity index is 630. The topological polar surface area (TPSA) is 32.3 Å². The summed E-state index contributed by atoms with van der Waals surface area (Å²) in [6.07, 6.45) is 0.128. The molecule has 1 aliphatic rings. The molecular formula is C16H15F2NO. The zero-order valence-corrected chi connectivity index (χ0v) is 10.8. The lowest BCUT2D eigenvalue weighted by Gasteiger charge is -2.18. The number of hydrogen-bond acceptors (Lipinski definition) is 2. The first-order valence-corrected chi connectivity index (χ1v) is 6.58. The molecule has 0 heterocycles. The van der Waals surface area contributed by atoms with Crippen LogP contribution in [0, 0.1) is 11.6 Å². The minimum atomic E-state index is -0.850. The molecule has 0 amide bonds. The van der Waals surface area contributed by atoms with Crippen LogP contribution in [0.4, 0.5) is 8.78 Å². The van der Waals surface area contributed by atoms with Gasteiger partial charge in [-0.2, -0.15) is 0 Å². The highest BCUT2D eigenvalue weighted by molar-refractivity contribution is 5.36. The van der Waals surface area contributed by atoms with E-state index in [9.17, 15) is 13.9 Å². The average molecular weight is 275 g/mol. The zero-order chi connectivity index (χ0) is 14.1.